The van der Waals surface area contributed by atoms with Crippen LogP contribution in [0.5, 0.6) is 5.75 Å². The quantitative estimate of drug-likeness (QED) is 0.801. The molecule has 0 aromatic heterocycles. The molecule has 1 aromatic carbocycles. The molecule has 82 valence electrons. The van der Waals surface area contributed by atoms with Crippen molar-refractivity contribution in [3.05, 3.63) is 29.3 Å². The molecule has 0 aliphatic carbocycles. The van der Waals surface area contributed by atoms with Gasteiger partial charge in [-0.25, -0.2) is 0 Å². The zero-order valence-electron chi connectivity index (χ0n) is 9.71. The van der Waals surface area contributed by atoms with Crippen molar-refractivity contribution in [2.45, 2.75) is 32.7 Å². The largest absolute Gasteiger partial charge is 0.494 e. The van der Waals surface area contributed by atoms with Crippen molar-refractivity contribution in [1.29, 1.82) is 0 Å². The molecule has 0 radical (unpaired) electrons. The lowest BCUT2D eigenvalue weighted by molar-refractivity contribution is 0.338. The van der Waals surface area contributed by atoms with Gasteiger partial charge in [-0.2, -0.15) is 0 Å². The van der Waals surface area contributed by atoms with Crippen molar-refractivity contribution in [1.82, 2.24) is 5.32 Å². The van der Waals surface area contributed by atoms with E-state index in [0.717, 1.165) is 18.9 Å². The molecule has 1 aliphatic heterocycles. The van der Waals surface area contributed by atoms with Crippen LogP contribution >= 0.6 is 0 Å². The maximum Gasteiger partial charge on any atom is 0.119 e. The first-order valence-electron chi connectivity index (χ1n) is 5.72. The maximum atomic E-state index is 5.53. The minimum atomic E-state index is 0.441. The summed E-state index contributed by atoms with van der Waals surface area (Å²) in [5.41, 5.74) is 2.85. The fraction of sp³-hybridized carbons (Fsp3) is 0.538. The van der Waals surface area contributed by atoms with Gasteiger partial charge in [0.25, 0.3) is 0 Å². The van der Waals surface area contributed by atoms with Crippen LogP contribution in [0.3, 0.4) is 0 Å². The Morgan fingerprint density at radius 3 is 2.87 bits per heavy atom. The van der Waals surface area contributed by atoms with E-state index in [1.165, 1.54) is 11.1 Å². The van der Waals surface area contributed by atoms with Crippen LogP contribution in [0.25, 0.3) is 0 Å². The van der Waals surface area contributed by atoms with Gasteiger partial charge in [0.1, 0.15) is 5.75 Å². The molecule has 1 aromatic rings. The van der Waals surface area contributed by atoms with E-state index in [1.807, 2.05) is 6.92 Å². The average molecular weight is 205 g/mol. The van der Waals surface area contributed by atoms with E-state index in [4.69, 9.17) is 4.74 Å². The SMILES string of the molecule is CCOc1ccc2c(c1)C(C)NCC2C. The Morgan fingerprint density at radius 2 is 2.13 bits per heavy atom. The summed E-state index contributed by atoms with van der Waals surface area (Å²) < 4.78 is 5.53. The van der Waals surface area contributed by atoms with E-state index >= 15 is 0 Å². The van der Waals surface area contributed by atoms with Gasteiger partial charge in [-0.1, -0.05) is 13.0 Å². The third-order valence-corrected chi connectivity index (χ3v) is 3.10. The Hall–Kier alpha value is -1.02. The molecule has 2 heteroatoms. The monoisotopic (exact) mass is 205 g/mol. The van der Waals surface area contributed by atoms with Crippen molar-refractivity contribution in [2.24, 2.45) is 0 Å². The second kappa shape index (κ2) is 4.23. The summed E-state index contributed by atoms with van der Waals surface area (Å²) in [6.07, 6.45) is 0. The van der Waals surface area contributed by atoms with E-state index in [9.17, 15) is 0 Å². The maximum absolute atomic E-state index is 5.53. The third kappa shape index (κ3) is 2.00. The number of hydrogen-bond donors (Lipinski definition) is 1. The highest BCUT2D eigenvalue weighted by Crippen LogP contribution is 2.32. The zero-order chi connectivity index (χ0) is 10.8. The molecule has 2 atom stereocenters. The molecule has 15 heavy (non-hydrogen) atoms. The summed E-state index contributed by atoms with van der Waals surface area (Å²) in [6.45, 7) is 8.29. The third-order valence-electron chi connectivity index (χ3n) is 3.10. The summed E-state index contributed by atoms with van der Waals surface area (Å²) in [6, 6.07) is 6.90. The van der Waals surface area contributed by atoms with Crippen molar-refractivity contribution >= 4 is 0 Å². The first-order chi connectivity index (χ1) is 7.22. The van der Waals surface area contributed by atoms with E-state index < -0.39 is 0 Å². The predicted octanol–water partition coefficient (Wildman–Crippen LogP) is 2.85. The Balaban J connectivity index is 2.36. The topological polar surface area (TPSA) is 21.3 Å². The Labute approximate surface area is 91.6 Å². The highest BCUT2D eigenvalue weighted by Gasteiger charge is 2.21. The average Bonchev–Trinajstić information content (AvgIpc) is 2.24. The normalized spacial score (nSPS) is 24.7. The Kier molecular flexibility index (Phi) is 2.96. The highest BCUT2D eigenvalue weighted by molar-refractivity contribution is 5.41. The molecule has 0 fully saturated rings. The second-order valence-electron chi connectivity index (χ2n) is 4.25. The van der Waals surface area contributed by atoms with Crippen LogP contribution < -0.4 is 10.1 Å². The van der Waals surface area contributed by atoms with Gasteiger partial charge in [0.15, 0.2) is 0 Å². The van der Waals surface area contributed by atoms with Crippen molar-refractivity contribution in [3.8, 4) is 5.75 Å². The first-order valence-corrected chi connectivity index (χ1v) is 5.72. The number of fused-ring (bicyclic) bond motifs is 1. The summed E-state index contributed by atoms with van der Waals surface area (Å²) >= 11 is 0. The first kappa shape index (κ1) is 10.5. The molecule has 1 heterocycles. The molecule has 1 N–H and O–H groups in total. The number of nitrogens with one attached hydrogen (secondary N) is 1. The fourth-order valence-corrected chi connectivity index (χ4v) is 2.21. The van der Waals surface area contributed by atoms with Gasteiger partial charge in [-0.05, 0) is 43.0 Å². The van der Waals surface area contributed by atoms with E-state index in [1.54, 1.807) is 0 Å². The van der Waals surface area contributed by atoms with Gasteiger partial charge in [0.2, 0.25) is 0 Å². The highest BCUT2D eigenvalue weighted by atomic mass is 16.5. The molecular weight excluding hydrogens is 186 g/mol. The standard InChI is InChI=1S/C13H19NO/c1-4-15-11-5-6-12-9(2)8-14-10(3)13(12)7-11/h5-7,9-10,14H,4,8H2,1-3H3. The van der Waals surface area contributed by atoms with E-state index in [0.29, 0.717) is 12.0 Å². The molecule has 0 amide bonds. The summed E-state index contributed by atoms with van der Waals surface area (Å²) in [4.78, 5) is 0. The lowest BCUT2D eigenvalue weighted by Crippen LogP contribution is -2.30. The minimum absolute atomic E-state index is 0.441. The lowest BCUT2D eigenvalue weighted by atomic mass is 9.88. The van der Waals surface area contributed by atoms with E-state index in [2.05, 4.69) is 37.4 Å². The van der Waals surface area contributed by atoms with Crippen molar-refractivity contribution < 1.29 is 4.74 Å². The lowest BCUT2D eigenvalue weighted by Gasteiger charge is -2.29. The van der Waals surface area contributed by atoms with Crippen LogP contribution in [-0.4, -0.2) is 13.2 Å². The number of hydrogen-bond acceptors (Lipinski definition) is 2. The molecule has 0 spiro atoms. The molecule has 1 aliphatic rings. The van der Waals surface area contributed by atoms with Crippen LogP contribution in [0.2, 0.25) is 0 Å². The van der Waals surface area contributed by atoms with Crippen molar-refractivity contribution in [2.75, 3.05) is 13.2 Å². The molecular formula is C13H19NO. The van der Waals surface area contributed by atoms with Gasteiger partial charge < -0.3 is 10.1 Å². The van der Waals surface area contributed by atoms with Crippen LogP contribution in [0, 0.1) is 0 Å². The smallest absolute Gasteiger partial charge is 0.119 e. The number of rotatable bonds is 2. The van der Waals surface area contributed by atoms with Crippen LogP contribution in [0.15, 0.2) is 18.2 Å². The zero-order valence-corrected chi connectivity index (χ0v) is 9.71. The molecule has 0 saturated carbocycles. The summed E-state index contributed by atoms with van der Waals surface area (Å²) in [5, 5.41) is 3.50. The Bertz CT molecular complexity index is 348. The van der Waals surface area contributed by atoms with Gasteiger partial charge in [0, 0.05) is 12.6 Å². The van der Waals surface area contributed by atoms with E-state index in [-0.39, 0.29) is 0 Å². The summed E-state index contributed by atoms with van der Waals surface area (Å²) in [5.74, 6) is 1.59. The number of ether oxygens (including phenoxy) is 1. The molecule has 2 unspecified atom stereocenters. The minimum Gasteiger partial charge on any atom is -0.494 e. The second-order valence-corrected chi connectivity index (χ2v) is 4.25. The van der Waals surface area contributed by atoms with Gasteiger partial charge in [-0.15, -0.1) is 0 Å². The molecule has 2 nitrogen and oxygen atoms in total. The van der Waals surface area contributed by atoms with Crippen LogP contribution in [0.4, 0.5) is 0 Å². The van der Waals surface area contributed by atoms with Crippen LogP contribution in [0.1, 0.15) is 43.9 Å². The molecule has 0 bridgehead atoms. The van der Waals surface area contributed by atoms with Crippen molar-refractivity contribution in [3.63, 3.8) is 0 Å². The van der Waals surface area contributed by atoms with Gasteiger partial charge >= 0.3 is 0 Å². The van der Waals surface area contributed by atoms with Gasteiger partial charge in [0.05, 0.1) is 6.61 Å². The summed E-state index contributed by atoms with van der Waals surface area (Å²) in [7, 11) is 0. The molecule has 0 saturated heterocycles. The Morgan fingerprint density at radius 1 is 1.33 bits per heavy atom. The fourth-order valence-electron chi connectivity index (χ4n) is 2.21. The predicted molar refractivity (Wildman–Crippen MR) is 62.4 cm³/mol. The number of benzene rings is 1. The molecule has 2 rings (SSSR count). The van der Waals surface area contributed by atoms with Crippen LogP contribution in [-0.2, 0) is 0 Å². The van der Waals surface area contributed by atoms with Gasteiger partial charge in [-0.3, -0.25) is 0 Å².